The van der Waals surface area contributed by atoms with Gasteiger partial charge in [0.2, 0.25) is 0 Å². The number of anilines is 1. The first-order valence-electron chi connectivity index (χ1n) is 7.20. The number of hydrogen-bond donors (Lipinski definition) is 2. The molecular formula is C18H22Cl2N2O. The summed E-state index contributed by atoms with van der Waals surface area (Å²) in [4.78, 5) is 12.4. The Morgan fingerprint density at radius 2 is 1.91 bits per heavy atom. The molecule has 3 nitrogen and oxygen atoms in total. The third kappa shape index (κ3) is 4.88. The molecule has 3 N–H and O–H groups in total. The molecule has 2 aromatic carbocycles. The highest BCUT2D eigenvalue weighted by Gasteiger charge is 2.22. The first-order chi connectivity index (χ1) is 10.3. The molecule has 0 aliphatic heterocycles. The number of carbonyl (C=O) groups is 1. The van der Waals surface area contributed by atoms with Crippen molar-refractivity contribution in [3.05, 3.63) is 64.2 Å². The van der Waals surface area contributed by atoms with Crippen molar-refractivity contribution in [2.75, 3.05) is 12.3 Å². The van der Waals surface area contributed by atoms with Crippen molar-refractivity contribution in [3.63, 3.8) is 0 Å². The fourth-order valence-electron chi connectivity index (χ4n) is 2.29. The number of carbonyl (C=O) groups excluding carboxylic acids is 1. The fraction of sp³-hybridized carbons (Fsp3) is 0.278. The van der Waals surface area contributed by atoms with Crippen molar-refractivity contribution in [2.45, 2.75) is 26.2 Å². The van der Waals surface area contributed by atoms with E-state index in [1.54, 1.807) is 12.1 Å². The SMILES string of the molecule is Cc1ccc(N)cc1C(=O)NCC(C)(C)c1cccc(Cl)c1.Cl. The third-order valence-corrected chi connectivity index (χ3v) is 4.04. The lowest BCUT2D eigenvalue weighted by molar-refractivity contribution is 0.0945. The van der Waals surface area contributed by atoms with Crippen LogP contribution in [0, 0.1) is 6.92 Å². The zero-order valence-corrected chi connectivity index (χ0v) is 15.1. The number of benzene rings is 2. The molecule has 0 fully saturated rings. The molecule has 0 unspecified atom stereocenters. The summed E-state index contributed by atoms with van der Waals surface area (Å²) in [5.41, 5.74) is 8.74. The van der Waals surface area contributed by atoms with Gasteiger partial charge in [-0.1, -0.05) is 43.6 Å². The first kappa shape index (κ1) is 19.3. The number of rotatable bonds is 4. The highest BCUT2D eigenvalue weighted by Crippen LogP contribution is 2.25. The minimum absolute atomic E-state index is 0. The van der Waals surface area contributed by atoms with Gasteiger partial charge in [0, 0.05) is 28.2 Å². The van der Waals surface area contributed by atoms with Crippen LogP contribution in [-0.4, -0.2) is 12.5 Å². The molecule has 5 heteroatoms. The Hall–Kier alpha value is -1.71. The summed E-state index contributed by atoms with van der Waals surface area (Å²) >= 11 is 6.05. The van der Waals surface area contributed by atoms with E-state index in [1.807, 2.05) is 37.3 Å². The standard InChI is InChI=1S/C18H21ClN2O.ClH/c1-12-7-8-15(20)10-16(12)17(22)21-11-18(2,3)13-5-4-6-14(19)9-13;/h4-10H,11,20H2,1-3H3,(H,21,22);1H. The van der Waals surface area contributed by atoms with Gasteiger partial charge < -0.3 is 11.1 Å². The quantitative estimate of drug-likeness (QED) is 0.803. The highest BCUT2D eigenvalue weighted by atomic mass is 35.5. The second kappa shape index (κ2) is 7.71. The van der Waals surface area contributed by atoms with Gasteiger partial charge in [-0.3, -0.25) is 4.79 Å². The van der Waals surface area contributed by atoms with E-state index in [2.05, 4.69) is 19.2 Å². The summed E-state index contributed by atoms with van der Waals surface area (Å²) in [5, 5.41) is 3.69. The lowest BCUT2D eigenvalue weighted by atomic mass is 9.84. The molecular weight excluding hydrogens is 331 g/mol. The zero-order chi connectivity index (χ0) is 16.3. The minimum Gasteiger partial charge on any atom is -0.399 e. The smallest absolute Gasteiger partial charge is 0.251 e. The summed E-state index contributed by atoms with van der Waals surface area (Å²) in [6.45, 7) is 6.56. The van der Waals surface area contributed by atoms with E-state index in [-0.39, 0.29) is 23.7 Å². The van der Waals surface area contributed by atoms with E-state index < -0.39 is 0 Å². The number of halogens is 2. The third-order valence-electron chi connectivity index (χ3n) is 3.80. The Labute approximate surface area is 148 Å². The van der Waals surface area contributed by atoms with E-state index >= 15 is 0 Å². The summed E-state index contributed by atoms with van der Waals surface area (Å²) < 4.78 is 0. The topological polar surface area (TPSA) is 55.1 Å². The average molecular weight is 353 g/mol. The van der Waals surface area contributed by atoms with Crippen LogP contribution in [0.25, 0.3) is 0 Å². The van der Waals surface area contributed by atoms with Crippen LogP contribution in [0.3, 0.4) is 0 Å². The Balaban J connectivity index is 0.00000264. The van der Waals surface area contributed by atoms with Crippen molar-refractivity contribution in [3.8, 4) is 0 Å². The van der Waals surface area contributed by atoms with Crippen LogP contribution in [0.4, 0.5) is 5.69 Å². The van der Waals surface area contributed by atoms with Gasteiger partial charge in [0.1, 0.15) is 0 Å². The number of nitrogen functional groups attached to an aromatic ring is 1. The summed E-state index contributed by atoms with van der Waals surface area (Å²) in [6, 6.07) is 13.1. The maximum atomic E-state index is 12.4. The molecule has 0 aliphatic rings. The molecule has 0 aliphatic carbocycles. The second-order valence-corrected chi connectivity index (χ2v) is 6.59. The number of hydrogen-bond acceptors (Lipinski definition) is 2. The van der Waals surface area contributed by atoms with E-state index in [0.29, 0.717) is 22.8 Å². The highest BCUT2D eigenvalue weighted by molar-refractivity contribution is 6.30. The lowest BCUT2D eigenvalue weighted by Crippen LogP contribution is -2.37. The molecule has 2 aromatic rings. The Morgan fingerprint density at radius 3 is 2.57 bits per heavy atom. The molecule has 0 atom stereocenters. The molecule has 0 heterocycles. The predicted molar refractivity (Wildman–Crippen MR) is 99.7 cm³/mol. The molecule has 0 radical (unpaired) electrons. The number of amides is 1. The van der Waals surface area contributed by atoms with E-state index in [0.717, 1.165) is 11.1 Å². The molecule has 0 bridgehead atoms. The summed E-state index contributed by atoms with van der Waals surface area (Å²) in [7, 11) is 0. The van der Waals surface area contributed by atoms with Crippen molar-refractivity contribution in [1.82, 2.24) is 5.32 Å². The monoisotopic (exact) mass is 352 g/mol. The minimum atomic E-state index is -0.214. The van der Waals surface area contributed by atoms with E-state index in [1.165, 1.54) is 0 Å². The van der Waals surface area contributed by atoms with Gasteiger partial charge in [0.25, 0.3) is 5.91 Å². The Bertz CT molecular complexity index is 699. The van der Waals surface area contributed by atoms with Crippen LogP contribution in [0.2, 0.25) is 5.02 Å². The lowest BCUT2D eigenvalue weighted by Gasteiger charge is -2.26. The molecule has 23 heavy (non-hydrogen) atoms. The van der Waals surface area contributed by atoms with Gasteiger partial charge in [-0.05, 0) is 42.3 Å². The van der Waals surface area contributed by atoms with E-state index in [4.69, 9.17) is 17.3 Å². The van der Waals surface area contributed by atoms with Crippen LogP contribution in [-0.2, 0) is 5.41 Å². The fourth-order valence-corrected chi connectivity index (χ4v) is 2.48. The van der Waals surface area contributed by atoms with Gasteiger partial charge >= 0.3 is 0 Å². The van der Waals surface area contributed by atoms with Crippen molar-refractivity contribution < 1.29 is 4.79 Å². The molecule has 2 rings (SSSR count). The van der Waals surface area contributed by atoms with Crippen molar-refractivity contribution in [2.24, 2.45) is 0 Å². The van der Waals surface area contributed by atoms with Crippen LogP contribution >= 0.6 is 24.0 Å². The van der Waals surface area contributed by atoms with Gasteiger partial charge in [-0.25, -0.2) is 0 Å². The number of nitrogens with one attached hydrogen (secondary N) is 1. The summed E-state index contributed by atoms with van der Waals surface area (Å²) in [6.07, 6.45) is 0. The Morgan fingerprint density at radius 1 is 1.22 bits per heavy atom. The maximum absolute atomic E-state index is 12.4. The molecule has 0 saturated carbocycles. The number of nitrogens with two attached hydrogens (primary N) is 1. The zero-order valence-electron chi connectivity index (χ0n) is 13.5. The van der Waals surface area contributed by atoms with Gasteiger partial charge in [-0.15, -0.1) is 12.4 Å². The maximum Gasteiger partial charge on any atom is 0.251 e. The normalized spacial score (nSPS) is 10.8. The molecule has 124 valence electrons. The van der Waals surface area contributed by atoms with Gasteiger partial charge in [0.05, 0.1) is 0 Å². The van der Waals surface area contributed by atoms with Crippen molar-refractivity contribution >= 4 is 35.6 Å². The first-order valence-corrected chi connectivity index (χ1v) is 7.58. The van der Waals surface area contributed by atoms with Crippen LogP contribution in [0.5, 0.6) is 0 Å². The Kier molecular flexibility index (Phi) is 6.48. The van der Waals surface area contributed by atoms with Crippen LogP contribution < -0.4 is 11.1 Å². The summed E-state index contributed by atoms with van der Waals surface area (Å²) in [5.74, 6) is -0.111. The van der Waals surface area contributed by atoms with Crippen molar-refractivity contribution in [1.29, 1.82) is 0 Å². The van der Waals surface area contributed by atoms with E-state index in [9.17, 15) is 4.79 Å². The number of aryl methyl sites for hydroxylation is 1. The predicted octanol–water partition coefficient (Wildman–Crippen LogP) is 4.36. The van der Waals surface area contributed by atoms with Gasteiger partial charge in [-0.2, -0.15) is 0 Å². The average Bonchev–Trinajstić information content (AvgIpc) is 2.47. The van der Waals surface area contributed by atoms with Crippen LogP contribution in [0.15, 0.2) is 42.5 Å². The molecule has 0 aromatic heterocycles. The molecule has 0 saturated heterocycles. The molecule has 0 spiro atoms. The second-order valence-electron chi connectivity index (χ2n) is 6.15. The van der Waals surface area contributed by atoms with Gasteiger partial charge in [0.15, 0.2) is 0 Å². The largest absolute Gasteiger partial charge is 0.399 e. The van der Waals surface area contributed by atoms with Crippen LogP contribution in [0.1, 0.15) is 35.3 Å². The molecule has 1 amide bonds.